The maximum Gasteiger partial charge on any atom is 0.262 e. The van der Waals surface area contributed by atoms with Crippen molar-refractivity contribution in [3.63, 3.8) is 0 Å². The van der Waals surface area contributed by atoms with Crippen molar-refractivity contribution in [3.8, 4) is 11.6 Å². The quantitative estimate of drug-likeness (QED) is 0.651. The molecule has 7 nitrogen and oxygen atoms in total. The van der Waals surface area contributed by atoms with Crippen LogP contribution in [-0.4, -0.2) is 57.5 Å². The molecule has 2 aromatic rings. The van der Waals surface area contributed by atoms with Crippen LogP contribution in [0.3, 0.4) is 0 Å². The van der Waals surface area contributed by atoms with Gasteiger partial charge in [-0.1, -0.05) is 29.5 Å². The molecule has 0 unspecified atom stereocenters. The number of aromatic nitrogens is 2. The summed E-state index contributed by atoms with van der Waals surface area (Å²) < 4.78 is 6.64. The van der Waals surface area contributed by atoms with E-state index >= 15 is 0 Å². The Bertz CT molecular complexity index is 814. The summed E-state index contributed by atoms with van der Waals surface area (Å²) in [4.78, 5) is 30.4. The van der Waals surface area contributed by atoms with Crippen LogP contribution in [0.4, 0.5) is 0 Å². The number of amides is 1. The van der Waals surface area contributed by atoms with Crippen molar-refractivity contribution in [1.82, 2.24) is 14.5 Å². The number of carbonyl (C=O) groups is 1. The topological polar surface area (TPSA) is 84.7 Å². The van der Waals surface area contributed by atoms with Gasteiger partial charge in [0.05, 0.1) is 30.7 Å². The van der Waals surface area contributed by atoms with Crippen molar-refractivity contribution in [1.29, 1.82) is 0 Å². The lowest BCUT2D eigenvalue weighted by atomic mass is 10.2. The second-order valence-electron chi connectivity index (χ2n) is 5.69. The smallest absolute Gasteiger partial charge is 0.262 e. The van der Waals surface area contributed by atoms with Crippen molar-refractivity contribution in [3.05, 3.63) is 46.2 Å². The van der Waals surface area contributed by atoms with Gasteiger partial charge in [0.1, 0.15) is 0 Å². The molecule has 3 rings (SSSR count). The second kappa shape index (κ2) is 7.71. The normalized spacial score (nSPS) is 14.5. The predicted octanol–water partition coefficient (Wildman–Crippen LogP) is 1.20. The molecule has 1 aromatic carbocycles. The lowest BCUT2D eigenvalue weighted by Gasteiger charge is -2.26. The number of hydrogen-bond acceptors (Lipinski definition) is 6. The van der Waals surface area contributed by atoms with E-state index in [4.69, 9.17) is 4.74 Å². The molecule has 0 radical (unpaired) electrons. The zero-order chi connectivity index (χ0) is 17.8. The van der Waals surface area contributed by atoms with Crippen LogP contribution in [0.2, 0.25) is 0 Å². The first-order valence-electron chi connectivity index (χ1n) is 7.93. The molecule has 132 valence electrons. The molecule has 0 atom stereocenters. The first kappa shape index (κ1) is 17.5. The SMILES string of the molecule is Cc1ccc(-n2c(SCC(=O)N3CCOCC3)nc(O)cc2=O)cc1. The molecule has 8 heteroatoms. The Labute approximate surface area is 149 Å². The third-order valence-corrected chi connectivity index (χ3v) is 4.78. The minimum atomic E-state index is -0.391. The average Bonchev–Trinajstić information content (AvgIpc) is 2.61. The van der Waals surface area contributed by atoms with Crippen molar-refractivity contribution in [2.45, 2.75) is 12.1 Å². The van der Waals surface area contributed by atoms with Gasteiger partial charge in [-0.25, -0.2) is 0 Å². The Balaban J connectivity index is 1.83. The molecule has 25 heavy (non-hydrogen) atoms. The highest BCUT2D eigenvalue weighted by atomic mass is 32.2. The number of ether oxygens (including phenoxy) is 1. The Morgan fingerprint density at radius 1 is 1.28 bits per heavy atom. The molecule has 1 fully saturated rings. The number of rotatable bonds is 4. The van der Waals surface area contributed by atoms with E-state index in [1.165, 1.54) is 4.57 Å². The fourth-order valence-electron chi connectivity index (χ4n) is 2.51. The van der Waals surface area contributed by atoms with Gasteiger partial charge in [-0.3, -0.25) is 14.2 Å². The number of hydrogen-bond donors (Lipinski definition) is 1. The van der Waals surface area contributed by atoms with Crippen LogP contribution < -0.4 is 5.56 Å². The first-order chi connectivity index (χ1) is 12.0. The largest absolute Gasteiger partial charge is 0.493 e. The molecular formula is C17H19N3O4S. The van der Waals surface area contributed by atoms with E-state index in [0.717, 1.165) is 23.4 Å². The maximum absolute atomic E-state index is 12.3. The predicted molar refractivity (Wildman–Crippen MR) is 94.4 cm³/mol. The average molecular weight is 361 g/mol. The minimum Gasteiger partial charge on any atom is -0.493 e. The van der Waals surface area contributed by atoms with Crippen molar-refractivity contribution < 1.29 is 14.6 Å². The summed E-state index contributed by atoms with van der Waals surface area (Å²) in [7, 11) is 0. The lowest BCUT2D eigenvalue weighted by Crippen LogP contribution is -2.41. The summed E-state index contributed by atoms with van der Waals surface area (Å²) in [6.07, 6.45) is 0. The van der Waals surface area contributed by atoms with E-state index in [2.05, 4.69) is 4.98 Å². The zero-order valence-corrected chi connectivity index (χ0v) is 14.7. The highest BCUT2D eigenvalue weighted by molar-refractivity contribution is 7.99. The standard InChI is InChI=1S/C17H19N3O4S/c1-12-2-4-13(5-3-12)20-15(22)10-14(21)18-17(20)25-11-16(23)19-6-8-24-9-7-19/h2-5,10,21H,6-9,11H2,1H3. The van der Waals surface area contributed by atoms with E-state index in [9.17, 15) is 14.7 Å². The Kier molecular flexibility index (Phi) is 5.40. The Hall–Kier alpha value is -2.32. The maximum atomic E-state index is 12.3. The minimum absolute atomic E-state index is 0.0404. The van der Waals surface area contributed by atoms with Crippen molar-refractivity contribution >= 4 is 17.7 Å². The molecule has 1 aliphatic rings. The van der Waals surface area contributed by atoms with E-state index in [1.807, 2.05) is 31.2 Å². The number of benzene rings is 1. The number of aromatic hydroxyl groups is 1. The van der Waals surface area contributed by atoms with Crippen LogP contribution in [0.15, 0.2) is 40.3 Å². The second-order valence-corrected chi connectivity index (χ2v) is 6.63. The van der Waals surface area contributed by atoms with Crippen LogP contribution >= 0.6 is 11.8 Å². The summed E-state index contributed by atoms with van der Waals surface area (Å²) in [5, 5.41) is 9.96. The summed E-state index contributed by atoms with van der Waals surface area (Å²) in [6, 6.07) is 8.46. The van der Waals surface area contributed by atoms with Crippen LogP contribution in [0.1, 0.15) is 5.56 Å². The van der Waals surface area contributed by atoms with Gasteiger partial charge >= 0.3 is 0 Å². The molecule has 1 saturated heterocycles. The third-order valence-electron chi connectivity index (χ3n) is 3.86. The van der Waals surface area contributed by atoms with Gasteiger partial charge in [0.15, 0.2) is 5.16 Å². The third kappa shape index (κ3) is 4.21. The fourth-order valence-corrected chi connectivity index (χ4v) is 3.43. The number of thioether (sulfide) groups is 1. The van der Waals surface area contributed by atoms with Gasteiger partial charge in [0.25, 0.3) is 5.56 Å². The van der Waals surface area contributed by atoms with E-state index in [0.29, 0.717) is 32.0 Å². The Morgan fingerprint density at radius 2 is 1.96 bits per heavy atom. The summed E-state index contributed by atoms with van der Waals surface area (Å²) in [5.41, 5.74) is 1.32. The van der Waals surface area contributed by atoms with Crippen LogP contribution in [0.5, 0.6) is 5.88 Å². The van der Waals surface area contributed by atoms with Crippen LogP contribution in [0, 0.1) is 6.92 Å². The van der Waals surface area contributed by atoms with Crippen LogP contribution in [0.25, 0.3) is 5.69 Å². The Morgan fingerprint density at radius 3 is 2.64 bits per heavy atom. The van der Waals surface area contributed by atoms with Gasteiger partial charge in [0, 0.05) is 13.1 Å². The highest BCUT2D eigenvalue weighted by Gasteiger charge is 2.19. The molecule has 0 spiro atoms. The number of carbonyl (C=O) groups excluding carboxylic acids is 1. The highest BCUT2D eigenvalue weighted by Crippen LogP contribution is 2.21. The van der Waals surface area contributed by atoms with Gasteiger partial charge in [-0.15, -0.1) is 0 Å². The summed E-state index contributed by atoms with van der Waals surface area (Å²) in [5.74, 6) is -0.252. The molecule has 1 N–H and O–H groups in total. The van der Waals surface area contributed by atoms with E-state index in [1.54, 1.807) is 4.90 Å². The molecule has 2 heterocycles. The molecule has 1 aliphatic heterocycles. The molecule has 0 saturated carbocycles. The van der Waals surface area contributed by atoms with Gasteiger partial charge in [0.2, 0.25) is 11.8 Å². The molecule has 1 aromatic heterocycles. The number of nitrogens with zero attached hydrogens (tertiary/aromatic N) is 3. The molecular weight excluding hydrogens is 342 g/mol. The van der Waals surface area contributed by atoms with Gasteiger partial charge < -0.3 is 14.7 Å². The summed E-state index contributed by atoms with van der Waals surface area (Å²) in [6.45, 7) is 4.16. The molecule has 1 amide bonds. The zero-order valence-electron chi connectivity index (χ0n) is 13.8. The van der Waals surface area contributed by atoms with Crippen molar-refractivity contribution in [2.24, 2.45) is 0 Å². The number of aryl methyl sites for hydroxylation is 1. The van der Waals surface area contributed by atoms with Gasteiger partial charge in [-0.2, -0.15) is 4.98 Å². The monoisotopic (exact) mass is 361 g/mol. The van der Waals surface area contributed by atoms with Crippen molar-refractivity contribution in [2.75, 3.05) is 32.1 Å². The molecule has 0 bridgehead atoms. The first-order valence-corrected chi connectivity index (χ1v) is 8.91. The molecule has 0 aliphatic carbocycles. The lowest BCUT2D eigenvalue weighted by molar-refractivity contribution is -0.132. The summed E-state index contributed by atoms with van der Waals surface area (Å²) >= 11 is 1.14. The van der Waals surface area contributed by atoms with Gasteiger partial charge in [-0.05, 0) is 19.1 Å². The number of morpholine rings is 1. The van der Waals surface area contributed by atoms with E-state index in [-0.39, 0.29) is 22.7 Å². The van der Waals surface area contributed by atoms with E-state index < -0.39 is 5.56 Å². The van der Waals surface area contributed by atoms with Crippen LogP contribution in [-0.2, 0) is 9.53 Å². The fraction of sp³-hybridized carbons (Fsp3) is 0.353.